The molecule has 0 radical (unpaired) electrons. The van der Waals surface area contributed by atoms with Crippen molar-refractivity contribution in [2.75, 3.05) is 6.61 Å². The molecule has 3 atom stereocenters. The Labute approximate surface area is 146 Å². The molecule has 1 amide bonds. The van der Waals surface area contributed by atoms with Gasteiger partial charge in [-0.15, -0.1) is 0 Å². The van der Waals surface area contributed by atoms with E-state index < -0.39 is 12.2 Å². The van der Waals surface area contributed by atoms with Crippen molar-refractivity contribution in [1.29, 1.82) is 0 Å². The number of nitrogens with one attached hydrogen (secondary N) is 1. The SMILES string of the molecule is CC(CC(O)c1ccc(F)cc1)NC(=O)C1OCCc2ccccc21. The highest BCUT2D eigenvalue weighted by atomic mass is 19.1. The molecule has 5 heteroatoms. The highest BCUT2D eigenvalue weighted by molar-refractivity contribution is 5.83. The Bertz CT molecular complexity index is 732. The Morgan fingerprint density at radius 3 is 2.76 bits per heavy atom. The molecule has 1 aliphatic rings. The van der Waals surface area contributed by atoms with Crippen LogP contribution in [0.25, 0.3) is 0 Å². The van der Waals surface area contributed by atoms with Gasteiger partial charge in [0.2, 0.25) is 0 Å². The van der Waals surface area contributed by atoms with E-state index in [0.29, 0.717) is 18.6 Å². The Balaban J connectivity index is 1.60. The molecule has 0 bridgehead atoms. The number of hydrogen-bond donors (Lipinski definition) is 2. The molecular formula is C20H22FNO3. The molecule has 1 aliphatic heterocycles. The van der Waals surface area contributed by atoms with Crippen molar-refractivity contribution in [3.63, 3.8) is 0 Å². The molecule has 0 saturated carbocycles. The zero-order valence-electron chi connectivity index (χ0n) is 14.1. The number of ether oxygens (including phenoxy) is 1. The fourth-order valence-corrected chi connectivity index (χ4v) is 3.14. The van der Waals surface area contributed by atoms with Crippen molar-refractivity contribution in [2.24, 2.45) is 0 Å². The van der Waals surface area contributed by atoms with Crippen LogP contribution in [0.4, 0.5) is 4.39 Å². The normalized spacial score (nSPS) is 18.9. The zero-order chi connectivity index (χ0) is 17.8. The van der Waals surface area contributed by atoms with Gasteiger partial charge in [0.05, 0.1) is 12.7 Å². The second-order valence-electron chi connectivity index (χ2n) is 6.41. The van der Waals surface area contributed by atoms with Crippen LogP contribution in [0.15, 0.2) is 48.5 Å². The summed E-state index contributed by atoms with van der Waals surface area (Å²) in [6, 6.07) is 13.3. The topological polar surface area (TPSA) is 58.6 Å². The molecule has 2 N–H and O–H groups in total. The lowest BCUT2D eigenvalue weighted by molar-refractivity contribution is -0.134. The van der Waals surface area contributed by atoms with Crippen LogP contribution in [-0.4, -0.2) is 23.7 Å². The van der Waals surface area contributed by atoms with E-state index in [1.54, 1.807) is 12.1 Å². The Morgan fingerprint density at radius 1 is 1.28 bits per heavy atom. The predicted molar refractivity (Wildman–Crippen MR) is 92.4 cm³/mol. The quantitative estimate of drug-likeness (QED) is 0.877. The molecule has 1 heterocycles. The van der Waals surface area contributed by atoms with Gasteiger partial charge in [-0.3, -0.25) is 4.79 Å². The third kappa shape index (κ3) is 4.24. The number of carbonyl (C=O) groups excluding carboxylic acids is 1. The minimum atomic E-state index is -0.768. The third-order valence-corrected chi connectivity index (χ3v) is 4.45. The second-order valence-corrected chi connectivity index (χ2v) is 6.41. The van der Waals surface area contributed by atoms with E-state index in [2.05, 4.69) is 5.32 Å². The highest BCUT2D eigenvalue weighted by Gasteiger charge is 2.28. The number of aliphatic hydroxyl groups is 1. The van der Waals surface area contributed by atoms with Crippen LogP contribution in [0.1, 0.15) is 42.2 Å². The molecule has 132 valence electrons. The molecule has 2 aromatic carbocycles. The van der Waals surface area contributed by atoms with Crippen molar-refractivity contribution in [2.45, 2.75) is 38.0 Å². The van der Waals surface area contributed by atoms with Crippen LogP contribution in [0.3, 0.4) is 0 Å². The summed E-state index contributed by atoms with van der Waals surface area (Å²) >= 11 is 0. The number of rotatable bonds is 5. The number of halogens is 1. The summed E-state index contributed by atoms with van der Waals surface area (Å²) in [5, 5.41) is 13.2. The Kier molecular flexibility index (Phi) is 5.46. The fourth-order valence-electron chi connectivity index (χ4n) is 3.14. The van der Waals surface area contributed by atoms with Crippen LogP contribution in [0.5, 0.6) is 0 Å². The number of fused-ring (bicyclic) bond motifs is 1. The van der Waals surface area contributed by atoms with Gasteiger partial charge >= 0.3 is 0 Å². The first-order valence-electron chi connectivity index (χ1n) is 8.48. The smallest absolute Gasteiger partial charge is 0.253 e. The lowest BCUT2D eigenvalue weighted by Crippen LogP contribution is -2.39. The average Bonchev–Trinajstić information content (AvgIpc) is 2.61. The standard InChI is InChI=1S/C20H22FNO3/c1-13(12-18(23)15-6-8-16(21)9-7-15)22-20(24)19-17-5-3-2-4-14(17)10-11-25-19/h2-9,13,18-19,23H,10-12H2,1H3,(H,22,24). The van der Waals surface area contributed by atoms with Gasteiger partial charge in [-0.1, -0.05) is 36.4 Å². The largest absolute Gasteiger partial charge is 0.388 e. The zero-order valence-corrected chi connectivity index (χ0v) is 14.1. The first-order valence-corrected chi connectivity index (χ1v) is 8.48. The van der Waals surface area contributed by atoms with E-state index in [1.165, 1.54) is 12.1 Å². The fraction of sp³-hybridized carbons (Fsp3) is 0.350. The highest BCUT2D eigenvalue weighted by Crippen LogP contribution is 2.27. The second kappa shape index (κ2) is 7.76. The number of aliphatic hydroxyl groups excluding tert-OH is 1. The monoisotopic (exact) mass is 343 g/mol. The van der Waals surface area contributed by atoms with Crippen molar-refractivity contribution in [3.8, 4) is 0 Å². The summed E-state index contributed by atoms with van der Waals surface area (Å²) in [6.45, 7) is 2.35. The van der Waals surface area contributed by atoms with Crippen LogP contribution >= 0.6 is 0 Å². The van der Waals surface area contributed by atoms with Gasteiger partial charge in [0.25, 0.3) is 5.91 Å². The van der Waals surface area contributed by atoms with Gasteiger partial charge in [-0.2, -0.15) is 0 Å². The van der Waals surface area contributed by atoms with Gasteiger partial charge < -0.3 is 15.2 Å². The van der Waals surface area contributed by atoms with Crippen molar-refractivity contribution < 1.29 is 19.0 Å². The lowest BCUT2D eigenvalue weighted by atomic mass is 9.96. The summed E-state index contributed by atoms with van der Waals surface area (Å²) in [7, 11) is 0. The molecule has 3 rings (SSSR count). The van der Waals surface area contributed by atoms with Gasteiger partial charge in [0, 0.05) is 6.04 Å². The first-order chi connectivity index (χ1) is 12.0. The molecule has 0 aromatic heterocycles. The van der Waals surface area contributed by atoms with E-state index in [1.807, 2.05) is 31.2 Å². The van der Waals surface area contributed by atoms with E-state index >= 15 is 0 Å². The molecule has 0 fully saturated rings. The van der Waals surface area contributed by atoms with Gasteiger partial charge in [0.15, 0.2) is 6.10 Å². The lowest BCUT2D eigenvalue weighted by Gasteiger charge is -2.27. The summed E-state index contributed by atoms with van der Waals surface area (Å²) in [6.07, 6.45) is -0.240. The van der Waals surface area contributed by atoms with E-state index in [-0.39, 0.29) is 17.8 Å². The minimum absolute atomic E-state index is 0.203. The van der Waals surface area contributed by atoms with E-state index in [4.69, 9.17) is 4.74 Å². The maximum Gasteiger partial charge on any atom is 0.253 e. The third-order valence-electron chi connectivity index (χ3n) is 4.45. The van der Waals surface area contributed by atoms with E-state index in [9.17, 15) is 14.3 Å². The van der Waals surface area contributed by atoms with Crippen molar-refractivity contribution >= 4 is 5.91 Å². The average molecular weight is 343 g/mol. The number of benzene rings is 2. The molecular weight excluding hydrogens is 321 g/mol. The minimum Gasteiger partial charge on any atom is -0.388 e. The predicted octanol–water partition coefficient (Wildman–Crippen LogP) is 3.07. The molecule has 0 saturated heterocycles. The van der Waals surface area contributed by atoms with Gasteiger partial charge in [-0.25, -0.2) is 4.39 Å². The van der Waals surface area contributed by atoms with Gasteiger partial charge in [0.1, 0.15) is 5.82 Å². The Hall–Kier alpha value is -2.24. The Morgan fingerprint density at radius 2 is 2.00 bits per heavy atom. The molecule has 0 spiro atoms. The maximum absolute atomic E-state index is 13.0. The first kappa shape index (κ1) is 17.6. The van der Waals surface area contributed by atoms with Crippen molar-refractivity contribution in [1.82, 2.24) is 5.32 Å². The maximum atomic E-state index is 13.0. The van der Waals surface area contributed by atoms with Gasteiger partial charge in [-0.05, 0) is 48.6 Å². The van der Waals surface area contributed by atoms with Crippen LogP contribution in [0.2, 0.25) is 0 Å². The number of amides is 1. The van der Waals surface area contributed by atoms with Crippen LogP contribution < -0.4 is 5.32 Å². The molecule has 0 aliphatic carbocycles. The van der Waals surface area contributed by atoms with Crippen LogP contribution in [-0.2, 0) is 16.0 Å². The summed E-state index contributed by atoms with van der Waals surface area (Å²) in [5.41, 5.74) is 2.66. The van der Waals surface area contributed by atoms with Crippen molar-refractivity contribution in [3.05, 3.63) is 71.0 Å². The summed E-state index contributed by atoms with van der Waals surface area (Å²) < 4.78 is 18.6. The molecule has 2 aromatic rings. The summed E-state index contributed by atoms with van der Waals surface area (Å²) in [5.74, 6) is -0.545. The van der Waals surface area contributed by atoms with E-state index in [0.717, 1.165) is 17.5 Å². The van der Waals surface area contributed by atoms with Crippen LogP contribution in [0, 0.1) is 5.82 Å². The number of hydrogen-bond acceptors (Lipinski definition) is 3. The summed E-state index contributed by atoms with van der Waals surface area (Å²) in [4.78, 5) is 12.6. The molecule has 25 heavy (non-hydrogen) atoms. The molecule has 3 unspecified atom stereocenters. The number of carbonyl (C=O) groups is 1. The molecule has 4 nitrogen and oxygen atoms in total.